The van der Waals surface area contributed by atoms with E-state index in [4.69, 9.17) is 13.9 Å². The topological polar surface area (TPSA) is 60.7 Å². The van der Waals surface area contributed by atoms with Crippen molar-refractivity contribution in [2.24, 2.45) is 5.92 Å². The lowest BCUT2D eigenvalue weighted by atomic mass is 10.3. The summed E-state index contributed by atoms with van der Waals surface area (Å²) < 4.78 is 16.4. The Hall–Kier alpha value is -2.69. The van der Waals surface area contributed by atoms with Crippen molar-refractivity contribution >= 4 is 12.0 Å². The Balaban J connectivity index is 1.36. The standard InChI is InChI=1S/C20H23NO4/c1-14-13-18(14)19-9-7-17(25-19)8-10-20(22)21-11-12-24-16-5-3-15(23-2)4-6-16/h3-10,14,18H,11-13H2,1-2H3,(H,21,22)/b10-8+/t14-,18+/m1/s1. The summed E-state index contributed by atoms with van der Waals surface area (Å²) in [5.41, 5.74) is 0. The Kier molecular flexibility index (Phi) is 5.43. The smallest absolute Gasteiger partial charge is 0.244 e. The maximum atomic E-state index is 11.8. The zero-order valence-electron chi connectivity index (χ0n) is 14.5. The quantitative estimate of drug-likeness (QED) is 0.588. The van der Waals surface area contributed by atoms with E-state index in [-0.39, 0.29) is 5.91 Å². The molecule has 2 atom stereocenters. The summed E-state index contributed by atoms with van der Waals surface area (Å²) in [4.78, 5) is 11.8. The van der Waals surface area contributed by atoms with Gasteiger partial charge in [-0.2, -0.15) is 0 Å². The number of methoxy groups -OCH3 is 1. The van der Waals surface area contributed by atoms with E-state index in [2.05, 4.69) is 12.2 Å². The van der Waals surface area contributed by atoms with Crippen molar-refractivity contribution in [2.45, 2.75) is 19.3 Å². The van der Waals surface area contributed by atoms with Crippen molar-refractivity contribution in [1.82, 2.24) is 5.32 Å². The molecule has 2 aromatic rings. The van der Waals surface area contributed by atoms with Crippen molar-refractivity contribution in [3.05, 3.63) is 54.0 Å². The number of nitrogens with one attached hydrogen (secondary N) is 1. The number of furan rings is 1. The molecule has 132 valence electrons. The molecule has 25 heavy (non-hydrogen) atoms. The van der Waals surface area contributed by atoms with Crippen LogP contribution in [0.25, 0.3) is 6.08 Å². The van der Waals surface area contributed by atoms with Gasteiger partial charge in [-0.15, -0.1) is 0 Å². The molecule has 0 saturated heterocycles. The summed E-state index contributed by atoms with van der Waals surface area (Å²) in [5, 5.41) is 2.78. The summed E-state index contributed by atoms with van der Waals surface area (Å²) in [6, 6.07) is 11.2. The highest BCUT2D eigenvalue weighted by molar-refractivity contribution is 5.91. The molecule has 1 aliphatic rings. The Bertz CT molecular complexity index is 732. The average molecular weight is 341 g/mol. The third-order valence-corrected chi connectivity index (χ3v) is 4.25. The van der Waals surface area contributed by atoms with Gasteiger partial charge < -0.3 is 19.2 Å². The molecule has 0 unspecified atom stereocenters. The Morgan fingerprint density at radius 1 is 1.24 bits per heavy atom. The molecule has 1 aromatic carbocycles. The number of rotatable bonds is 8. The van der Waals surface area contributed by atoms with E-state index < -0.39 is 0 Å². The largest absolute Gasteiger partial charge is 0.497 e. The molecule has 1 N–H and O–H groups in total. The van der Waals surface area contributed by atoms with Gasteiger partial charge in [0.1, 0.15) is 29.6 Å². The lowest BCUT2D eigenvalue weighted by molar-refractivity contribution is -0.116. The van der Waals surface area contributed by atoms with Gasteiger partial charge in [-0.1, -0.05) is 6.92 Å². The lowest BCUT2D eigenvalue weighted by Gasteiger charge is -2.07. The van der Waals surface area contributed by atoms with E-state index in [1.165, 1.54) is 12.5 Å². The molecule has 0 radical (unpaired) electrons. The van der Waals surface area contributed by atoms with Crippen molar-refractivity contribution < 1.29 is 18.7 Å². The van der Waals surface area contributed by atoms with Gasteiger partial charge in [0, 0.05) is 12.0 Å². The molecule has 0 spiro atoms. The highest BCUT2D eigenvalue weighted by Gasteiger charge is 2.36. The minimum absolute atomic E-state index is 0.170. The van der Waals surface area contributed by atoms with Gasteiger partial charge >= 0.3 is 0 Å². The fourth-order valence-electron chi connectivity index (χ4n) is 2.61. The lowest BCUT2D eigenvalue weighted by Crippen LogP contribution is -2.26. The number of hydrogen-bond donors (Lipinski definition) is 1. The Labute approximate surface area is 147 Å². The average Bonchev–Trinajstić information content (AvgIpc) is 3.18. The Morgan fingerprint density at radius 3 is 2.64 bits per heavy atom. The third kappa shape index (κ3) is 4.89. The van der Waals surface area contributed by atoms with E-state index in [1.54, 1.807) is 13.2 Å². The van der Waals surface area contributed by atoms with Crippen LogP contribution in [0.4, 0.5) is 0 Å². The molecule has 1 heterocycles. The predicted molar refractivity (Wildman–Crippen MR) is 95.8 cm³/mol. The first-order valence-electron chi connectivity index (χ1n) is 8.48. The van der Waals surface area contributed by atoms with Crippen LogP contribution in [-0.2, 0) is 4.79 Å². The number of benzene rings is 1. The molecule has 1 fully saturated rings. The van der Waals surface area contributed by atoms with Crippen LogP contribution in [0.5, 0.6) is 11.5 Å². The molecule has 1 amide bonds. The summed E-state index contributed by atoms with van der Waals surface area (Å²) >= 11 is 0. The molecular formula is C20H23NO4. The molecule has 1 aliphatic carbocycles. The van der Waals surface area contributed by atoms with Crippen LogP contribution < -0.4 is 14.8 Å². The molecule has 0 bridgehead atoms. The predicted octanol–water partition coefficient (Wildman–Crippen LogP) is 3.62. The highest BCUT2D eigenvalue weighted by atomic mass is 16.5. The number of carbonyl (C=O) groups is 1. The van der Waals surface area contributed by atoms with Gasteiger partial charge in [0.2, 0.25) is 5.91 Å². The van der Waals surface area contributed by atoms with Crippen LogP contribution >= 0.6 is 0 Å². The van der Waals surface area contributed by atoms with Gasteiger partial charge in [0.15, 0.2) is 0 Å². The highest BCUT2D eigenvalue weighted by Crippen LogP contribution is 2.47. The van der Waals surface area contributed by atoms with Crippen LogP contribution in [0.3, 0.4) is 0 Å². The summed E-state index contributed by atoms with van der Waals surface area (Å²) in [5.74, 6) is 4.32. The van der Waals surface area contributed by atoms with Crippen molar-refractivity contribution in [2.75, 3.05) is 20.3 Å². The second-order valence-corrected chi connectivity index (χ2v) is 6.21. The Morgan fingerprint density at radius 2 is 1.96 bits per heavy atom. The van der Waals surface area contributed by atoms with Crippen LogP contribution in [0.2, 0.25) is 0 Å². The van der Waals surface area contributed by atoms with Crippen molar-refractivity contribution in [3.8, 4) is 11.5 Å². The molecule has 1 saturated carbocycles. The number of ether oxygens (including phenoxy) is 2. The molecule has 3 rings (SSSR count). The normalized spacial score (nSPS) is 19.0. The second kappa shape index (κ2) is 7.92. The van der Waals surface area contributed by atoms with Crippen LogP contribution in [0.1, 0.15) is 30.8 Å². The molecule has 5 heteroatoms. The van der Waals surface area contributed by atoms with Gasteiger partial charge in [0.05, 0.1) is 13.7 Å². The zero-order chi connectivity index (χ0) is 17.6. The van der Waals surface area contributed by atoms with Gasteiger partial charge in [0.25, 0.3) is 0 Å². The van der Waals surface area contributed by atoms with E-state index >= 15 is 0 Å². The first-order valence-corrected chi connectivity index (χ1v) is 8.48. The first kappa shape index (κ1) is 17.1. The van der Waals surface area contributed by atoms with Gasteiger partial charge in [-0.25, -0.2) is 0 Å². The van der Waals surface area contributed by atoms with Crippen LogP contribution in [0, 0.1) is 5.92 Å². The zero-order valence-corrected chi connectivity index (χ0v) is 14.5. The molecular weight excluding hydrogens is 318 g/mol. The molecule has 0 aliphatic heterocycles. The van der Waals surface area contributed by atoms with Crippen LogP contribution in [0.15, 0.2) is 46.9 Å². The van der Waals surface area contributed by atoms with Crippen LogP contribution in [-0.4, -0.2) is 26.2 Å². The maximum absolute atomic E-state index is 11.8. The molecule has 5 nitrogen and oxygen atoms in total. The van der Waals surface area contributed by atoms with Crippen molar-refractivity contribution in [1.29, 1.82) is 0 Å². The minimum Gasteiger partial charge on any atom is -0.497 e. The summed E-state index contributed by atoms with van der Waals surface area (Å²) in [6.45, 7) is 3.04. The summed E-state index contributed by atoms with van der Waals surface area (Å²) in [6.07, 6.45) is 4.36. The van der Waals surface area contributed by atoms with Gasteiger partial charge in [-0.05, 0) is 54.8 Å². The number of hydrogen-bond acceptors (Lipinski definition) is 4. The monoisotopic (exact) mass is 341 g/mol. The van der Waals surface area contributed by atoms with E-state index in [9.17, 15) is 4.79 Å². The fraction of sp³-hybridized carbons (Fsp3) is 0.350. The van der Waals surface area contributed by atoms with E-state index in [1.807, 2.05) is 36.4 Å². The number of amides is 1. The summed E-state index contributed by atoms with van der Waals surface area (Å²) in [7, 11) is 1.62. The minimum atomic E-state index is -0.170. The maximum Gasteiger partial charge on any atom is 0.244 e. The molecule has 1 aromatic heterocycles. The van der Waals surface area contributed by atoms with Gasteiger partial charge in [-0.3, -0.25) is 4.79 Å². The SMILES string of the molecule is COc1ccc(OCCNC(=O)/C=C/c2ccc([C@H]3C[C@H]3C)o2)cc1. The number of carbonyl (C=O) groups excluding carboxylic acids is 1. The third-order valence-electron chi connectivity index (χ3n) is 4.25. The fourth-order valence-corrected chi connectivity index (χ4v) is 2.61. The van der Waals surface area contributed by atoms with E-state index in [0.29, 0.717) is 30.7 Å². The van der Waals surface area contributed by atoms with E-state index in [0.717, 1.165) is 17.3 Å². The van der Waals surface area contributed by atoms with Crippen molar-refractivity contribution in [3.63, 3.8) is 0 Å². The second-order valence-electron chi connectivity index (χ2n) is 6.21. The first-order chi connectivity index (χ1) is 12.2.